The number of aromatic nitrogens is 2. The lowest BCUT2D eigenvalue weighted by molar-refractivity contribution is 0.102. The fourth-order valence-electron chi connectivity index (χ4n) is 3.23. The number of nitrogens with one attached hydrogen (secondary N) is 1. The van der Waals surface area contributed by atoms with Crippen LogP contribution in [0.1, 0.15) is 21.6 Å². The molecule has 1 amide bonds. The molecule has 0 bridgehead atoms. The van der Waals surface area contributed by atoms with Crippen LogP contribution >= 0.6 is 0 Å². The van der Waals surface area contributed by atoms with E-state index in [4.69, 9.17) is 4.74 Å². The van der Waals surface area contributed by atoms with Gasteiger partial charge in [-0.05, 0) is 29.7 Å². The highest BCUT2D eigenvalue weighted by Crippen LogP contribution is 2.24. The lowest BCUT2D eigenvalue weighted by Crippen LogP contribution is -2.31. The number of rotatable bonds is 4. The Kier molecular flexibility index (Phi) is 4.70. The lowest BCUT2D eigenvalue weighted by atomic mass is 10.0. The van der Waals surface area contributed by atoms with Gasteiger partial charge in [-0.1, -0.05) is 36.4 Å². The second kappa shape index (κ2) is 7.45. The zero-order valence-electron chi connectivity index (χ0n) is 15.1. The first-order chi connectivity index (χ1) is 13.2. The normalized spacial score (nSPS) is 13.0. The van der Waals surface area contributed by atoms with Crippen LogP contribution in [0.5, 0.6) is 5.75 Å². The third-order valence-electron chi connectivity index (χ3n) is 4.68. The van der Waals surface area contributed by atoms with Crippen molar-refractivity contribution in [2.75, 3.05) is 23.9 Å². The van der Waals surface area contributed by atoms with Crippen molar-refractivity contribution in [2.45, 2.75) is 13.0 Å². The van der Waals surface area contributed by atoms with Gasteiger partial charge in [0.1, 0.15) is 17.3 Å². The van der Waals surface area contributed by atoms with Crippen molar-refractivity contribution < 1.29 is 9.53 Å². The van der Waals surface area contributed by atoms with Crippen molar-refractivity contribution in [3.8, 4) is 5.75 Å². The van der Waals surface area contributed by atoms with Crippen molar-refractivity contribution in [3.63, 3.8) is 0 Å². The van der Waals surface area contributed by atoms with Gasteiger partial charge in [-0.15, -0.1) is 0 Å². The van der Waals surface area contributed by atoms with Crippen LogP contribution in [-0.4, -0.2) is 29.5 Å². The molecule has 27 heavy (non-hydrogen) atoms. The molecular formula is C21H20N4O2. The molecular weight excluding hydrogens is 340 g/mol. The maximum Gasteiger partial charge on any atom is 0.275 e. The van der Waals surface area contributed by atoms with E-state index in [9.17, 15) is 4.79 Å². The number of methoxy groups -OCH3 is 1. The van der Waals surface area contributed by atoms with Gasteiger partial charge in [-0.3, -0.25) is 4.79 Å². The summed E-state index contributed by atoms with van der Waals surface area (Å²) < 4.78 is 5.25. The Morgan fingerprint density at radius 3 is 2.59 bits per heavy atom. The van der Waals surface area contributed by atoms with Gasteiger partial charge in [0.15, 0.2) is 0 Å². The quantitative estimate of drug-likeness (QED) is 0.773. The molecule has 6 heteroatoms. The van der Waals surface area contributed by atoms with Crippen LogP contribution in [-0.2, 0) is 13.0 Å². The summed E-state index contributed by atoms with van der Waals surface area (Å²) in [4.78, 5) is 23.4. The van der Waals surface area contributed by atoms with E-state index in [0.29, 0.717) is 11.4 Å². The number of anilines is 2. The van der Waals surface area contributed by atoms with Crippen LogP contribution in [0.25, 0.3) is 0 Å². The van der Waals surface area contributed by atoms with E-state index in [1.54, 1.807) is 25.4 Å². The molecule has 136 valence electrons. The Hall–Kier alpha value is -3.41. The number of amides is 1. The molecule has 0 atom stereocenters. The van der Waals surface area contributed by atoms with Gasteiger partial charge in [-0.25, -0.2) is 9.97 Å². The summed E-state index contributed by atoms with van der Waals surface area (Å²) in [5, 5.41) is 2.81. The maximum atomic E-state index is 12.5. The van der Waals surface area contributed by atoms with E-state index in [0.717, 1.165) is 25.3 Å². The van der Waals surface area contributed by atoms with Crippen LogP contribution in [0.15, 0.2) is 60.9 Å². The van der Waals surface area contributed by atoms with E-state index in [1.165, 1.54) is 17.3 Å². The number of ether oxygens (including phenoxy) is 1. The molecule has 0 spiro atoms. The Morgan fingerprint density at radius 1 is 1.04 bits per heavy atom. The summed E-state index contributed by atoms with van der Waals surface area (Å²) >= 11 is 0. The number of nitrogens with zero attached hydrogens (tertiary/aromatic N) is 3. The van der Waals surface area contributed by atoms with Crippen LogP contribution in [0.3, 0.4) is 0 Å². The lowest BCUT2D eigenvalue weighted by Gasteiger charge is -2.29. The van der Waals surface area contributed by atoms with Gasteiger partial charge in [0.05, 0.1) is 25.2 Å². The summed E-state index contributed by atoms with van der Waals surface area (Å²) in [6.45, 7) is 1.69. The minimum atomic E-state index is -0.317. The number of carbonyl (C=O) groups excluding carboxylic acids is 1. The second-order valence-electron chi connectivity index (χ2n) is 6.35. The molecule has 3 aromatic rings. The van der Waals surface area contributed by atoms with Crippen LogP contribution in [0.4, 0.5) is 11.5 Å². The average Bonchev–Trinajstić information content (AvgIpc) is 2.74. The third kappa shape index (κ3) is 3.60. The number of carbonyl (C=O) groups is 1. The van der Waals surface area contributed by atoms with Crippen molar-refractivity contribution in [1.29, 1.82) is 0 Å². The molecule has 1 aliphatic rings. The molecule has 4 rings (SSSR count). The molecule has 2 aromatic carbocycles. The summed E-state index contributed by atoms with van der Waals surface area (Å²) in [5.41, 5.74) is 3.56. The van der Waals surface area contributed by atoms with Crippen LogP contribution in [0, 0.1) is 0 Å². The predicted molar refractivity (Wildman–Crippen MR) is 104 cm³/mol. The number of hydrogen-bond donors (Lipinski definition) is 1. The first-order valence-corrected chi connectivity index (χ1v) is 8.83. The molecule has 0 saturated carbocycles. The third-order valence-corrected chi connectivity index (χ3v) is 4.68. The topological polar surface area (TPSA) is 67.3 Å². The van der Waals surface area contributed by atoms with Crippen LogP contribution in [0.2, 0.25) is 0 Å². The van der Waals surface area contributed by atoms with Gasteiger partial charge in [0, 0.05) is 13.1 Å². The Bertz CT molecular complexity index is 956. The SMILES string of the molecule is COc1ccccc1NC(=O)c1cnc(N2CCc3ccccc3C2)cn1. The van der Waals surface area contributed by atoms with E-state index in [-0.39, 0.29) is 11.6 Å². The molecule has 0 saturated heterocycles. The minimum absolute atomic E-state index is 0.266. The Labute approximate surface area is 157 Å². The van der Waals surface area contributed by atoms with Crippen LogP contribution < -0.4 is 15.0 Å². The number of benzene rings is 2. The minimum Gasteiger partial charge on any atom is -0.495 e. The summed E-state index contributed by atoms with van der Waals surface area (Å²) in [6.07, 6.45) is 4.15. The largest absolute Gasteiger partial charge is 0.495 e. The van der Waals surface area contributed by atoms with Crippen molar-refractivity contribution >= 4 is 17.4 Å². The zero-order chi connectivity index (χ0) is 18.6. The average molecular weight is 360 g/mol. The fourth-order valence-corrected chi connectivity index (χ4v) is 3.23. The molecule has 2 heterocycles. The highest BCUT2D eigenvalue weighted by molar-refractivity contribution is 6.03. The van der Waals surface area contributed by atoms with Crippen molar-refractivity contribution in [3.05, 3.63) is 77.7 Å². The van der Waals surface area contributed by atoms with E-state index < -0.39 is 0 Å². The van der Waals surface area contributed by atoms with Crippen molar-refractivity contribution in [1.82, 2.24) is 9.97 Å². The summed E-state index contributed by atoms with van der Waals surface area (Å²) in [5.74, 6) is 1.06. The van der Waals surface area contributed by atoms with Gasteiger partial charge in [0.2, 0.25) is 0 Å². The zero-order valence-corrected chi connectivity index (χ0v) is 15.1. The first-order valence-electron chi connectivity index (χ1n) is 8.83. The molecule has 0 radical (unpaired) electrons. The summed E-state index contributed by atoms with van der Waals surface area (Å²) in [7, 11) is 1.57. The molecule has 1 N–H and O–H groups in total. The highest BCUT2D eigenvalue weighted by Gasteiger charge is 2.18. The standard InChI is InChI=1S/C21H20N4O2/c1-27-19-9-5-4-8-17(19)24-21(26)18-12-23-20(13-22-18)25-11-10-15-6-2-3-7-16(15)14-25/h2-9,12-13H,10-11,14H2,1H3,(H,24,26). The fraction of sp³-hybridized carbons (Fsp3) is 0.190. The predicted octanol–water partition coefficient (Wildman–Crippen LogP) is 3.30. The monoisotopic (exact) mass is 360 g/mol. The Balaban J connectivity index is 1.47. The summed E-state index contributed by atoms with van der Waals surface area (Å²) in [6, 6.07) is 15.7. The van der Waals surface area contributed by atoms with E-state index in [2.05, 4.69) is 44.5 Å². The number of fused-ring (bicyclic) bond motifs is 1. The maximum absolute atomic E-state index is 12.5. The van der Waals surface area contributed by atoms with Crippen molar-refractivity contribution in [2.24, 2.45) is 0 Å². The van der Waals surface area contributed by atoms with Gasteiger partial charge < -0.3 is 15.0 Å². The number of para-hydroxylation sites is 2. The van der Waals surface area contributed by atoms with E-state index >= 15 is 0 Å². The molecule has 1 aliphatic heterocycles. The molecule has 6 nitrogen and oxygen atoms in total. The van der Waals surface area contributed by atoms with Gasteiger partial charge >= 0.3 is 0 Å². The highest BCUT2D eigenvalue weighted by atomic mass is 16.5. The van der Waals surface area contributed by atoms with Gasteiger partial charge in [0.25, 0.3) is 5.91 Å². The smallest absolute Gasteiger partial charge is 0.275 e. The van der Waals surface area contributed by atoms with E-state index in [1.807, 2.05) is 12.1 Å². The second-order valence-corrected chi connectivity index (χ2v) is 6.35. The molecule has 1 aromatic heterocycles. The molecule has 0 aliphatic carbocycles. The Morgan fingerprint density at radius 2 is 1.81 bits per heavy atom. The molecule has 0 unspecified atom stereocenters. The van der Waals surface area contributed by atoms with Gasteiger partial charge in [-0.2, -0.15) is 0 Å². The first kappa shape index (κ1) is 17.0. The number of hydrogen-bond acceptors (Lipinski definition) is 5. The molecule has 0 fully saturated rings.